The molecular weight excluding hydrogens is 276 g/mol. The zero-order valence-corrected chi connectivity index (χ0v) is 14.2. The number of allylic oxidation sites excluding steroid dienone is 4. The van der Waals surface area contributed by atoms with Crippen molar-refractivity contribution in [3.63, 3.8) is 0 Å². The van der Waals surface area contributed by atoms with Crippen LogP contribution in [0.4, 0.5) is 0 Å². The van der Waals surface area contributed by atoms with Gasteiger partial charge >= 0.3 is 125 Å². The van der Waals surface area contributed by atoms with E-state index < -0.39 is 19.0 Å². The Morgan fingerprint density at radius 2 is 1.58 bits per heavy atom. The monoisotopic (exact) mass is 303 g/mol. The fraction of sp³-hybridized carbons (Fsp3) is 0.733. The van der Waals surface area contributed by atoms with E-state index in [1.165, 1.54) is 6.42 Å². The van der Waals surface area contributed by atoms with Gasteiger partial charge in [-0.2, -0.15) is 0 Å². The zero-order valence-electron chi connectivity index (χ0n) is 12.6. The molecule has 0 saturated heterocycles. The van der Waals surface area contributed by atoms with Gasteiger partial charge in [-0.15, -0.1) is 0 Å². The third kappa shape index (κ3) is 6.37. The van der Waals surface area contributed by atoms with Crippen LogP contribution in [0.3, 0.4) is 0 Å². The van der Waals surface area contributed by atoms with Crippen molar-refractivity contribution in [2.75, 3.05) is 19.8 Å². The van der Waals surface area contributed by atoms with Crippen molar-refractivity contribution in [1.29, 1.82) is 0 Å². The zero-order chi connectivity index (χ0) is 14.1. The molecule has 111 valence electrons. The predicted molar refractivity (Wildman–Crippen MR) is 74.0 cm³/mol. The summed E-state index contributed by atoms with van der Waals surface area (Å²) in [5.74, 6) is 0.682. The second-order valence-corrected chi connectivity index (χ2v) is 7.40. The number of hydrogen-bond acceptors (Lipinski definition) is 3. The van der Waals surface area contributed by atoms with Crippen LogP contribution in [0.25, 0.3) is 0 Å². The molecular formula is C15H27O3Ti-2. The van der Waals surface area contributed by atoms with Crippen LogP contribution in [0.15, 0.2) is 24.3 Å². The maximum atomic E-state index is 5.85. The van der Waals surface area contributed by atoms with Crippen molar-refractivity contribution in [2.24, 2.45) is 11.3 Å². The molecule has 0 spiro atoms. The van der Waals surface area contributed by atoms with Crippen LogP contribution in [0.1, 0.15) is 40.5 Å². The molecule has 0 atom stereocenters. The SMILES string of the molecule is CC[O][Ti-2]([O]CC)[O]CCC1(CC(C)C)C=CC=C1. The minimum atomic E-state index is -2.19. The summed E-state index contributed by atoms with van der Waals surface area (Å²) in [6.07, 6.45) is 11.1. The Bertz CT molecular complexity index is 282. The van der Waals surface area contributed by atoms with Crippen molar-refractivity contribution in [2.45, 2.75) is 40.5 Å². The molecule has 3 nitrogen and oxygen atoms in total. The van der Waals surface area contributed by atoms with Gasteiger partial charge in [-0.1, -0.05) is 0 Å². The quantitative estimate of drug-likeness (QED) is 0.571. The first-order valence-corrected chi connectivity index (χ1v) is 9.15. The Kier molecular flexibility index (Phi) is 8.20. The van der Waals surface area contributed by atoms with Crippen LogP contribution in [-0.2, 0) is 29.0 Å². The topological polar surface area (TPSA) is 27.7 Å². The van der Waals surface area contributed by atoms with Gasteiger partial charge in [-0.05, 0) is 0 Å². The summed E-state index contributed by atoms with van der Waals surface area (Å²) >= 11 is -2.19. The number of rotatable bonds is 10. The van der Waals surface area contributed by atoms with Gasteiger partial charge in [0.2, 0.25) is 0 Å². The normalized spacial score (nSPS) is 16.9. The van der Waals surface area contributed by atoms with Gasteiger partial charge in [0.15, 0.2) is 0 Å². The van der Waals surface area contributed by atoms with E-state index in [-0.39, 0.29) is 5.41 Å². The second-order valence-electron chi connectivity index (χ2n) is 5.26. The van der Waals surface area contributed by atoms with Crippen molar-refractivity contribution in [3.05, 3.63) is 24.3 Å². The van der Waals surface area contributed by atoms with Gasteiger partial charge < -0.3 is 0 Å². The van der Waals surface area contributed by atoms with Gasteiger partial charge in [0.1, 0.15) is 0 Å². The molecule has 0 N–H and O–H groups in total. The van der Waals surface area contributed by atoms with Crippen molar-refractivity contribution in [1.82, 2.24) is 0 Å². The maximum absolute atomic E-state index is 5.85. The molecule has 0 amide bonds. The Hall–Kier alpha value is 0.0743. The van der Waals surface area contributed by atoms with Gasteiger partial charge in [0.25, 0.3) is 0 Å². The van der Waals surface area contributed by atoms with E-state index in [1.54, 1.807) is 0 Å². The van der Waals surface area contributed by atoms with Crippen molar-refractivity contribution in [3.8, 4) is 0 Å². The van der Waals surface area contributed by atoms with E-state index in [2.05, 4.69) is 38.2 Å². The number of hydrogen-bond donors (Lipinski definition) is 0. The molecule has 0 aromatic rings. The molecule has 1 aliphatic rings. The summed E-state index contributed by atoms with van der Waals surface area (Å²) in [5.41, 5.74) is 0.177. The molecule has 0 aromatic heterocycles. The van der Waals surface area contributed by atoms with Crippen LogP contribution in [-0.4, -0.2) is 19.8 Å². The average Bonchev–Trinajstić information content (AvgIpc) is 2.77. The van der Waals surface area contributed by atoms with Crippen molar-refractivity contribution < 1.29 is 29.0 Å². The molecule has 0 heterocycles. The molecule has 1 rings (SSSR count). The van der Waals surface area contributed by atoms with Crippen LogP contribution in [0, 0.1) is 11.3 Å². The Balaban J connectivity index is 2.40. The van der Waals surface area contributed by atoms with Gasteiger partial charge in [-0.3, -0.25) is 0 Å². The van der Waals surface area contributed by atoms with Crippen molar-refractivity contribution >= 4 is 0 Å². The summed E-state index contributed by atoms with van der Waals surface area (Å²) in [6.45, 7) is 10.6. The molecule has 4 heteroatoms. The van der Waals surface area contributed by atoms with E-state index in [1.807, 2.05) is 13.8 Å². The van der Waals surface area contributed by atoms with Gasteiger partial charge in [0, 0.05) is 0 Å². The predicted octanol–water partition coefficient (Wildman–Crippen LogP) is 3.99. The third-order valence-corrected chi connectivity index (χ3v) is 5.39. The minimum absolute atomic E-state index is 0.177. The molecule has 0 fully saturated rings. The first kappa shape index (κ1) is 17.1. The van der Waals surface area contributed by atoms with E-state index in [4.69, 9.17) is 9.96 Å². The van der Waals surface area contributed by atoms with Crippen LogP contribution in [0.5, 0.6) is 0 Å². The fourth-order valence-electron chi connectivity index (χ4n) is 2.40. The fourth-order valence-corrected chi connectivity index (χ4v) is 3.95. The summed E-state index contributed by atoms with van der Waals surface area (Å²) in [4.78, 5) is 0. The summed E-state index contributed by atoms with van der Waals surface area (Å²) in [5, 5.41) is 0. The average molecular weight is 303 g/mol. The molecule has 0 radical (unpaired) electrons. The molecule has 0 saturated carbocycles. The molecule has 0 bridgehead atoms. The summed E-state index contributed by atoms with van der Waals surface area (Å²) in [7, 11) is 0. The Morgan fingerprint density at radius 1 is 1.00 bits per heavy atom. The Morgan fingerprint density at radius 3 is 2.05 bits per heavy atom. The Labute approximate surface area is 125 Å². The third-order valence-electron chi connectivity index (χ3n) is 3.07. The molecule has 0 aliphatic heterocycles. The molecule has 0 unspecified atom stereocenters. The van der Waals surface area contributed by atoms with E-state index in [0.717, 1.165) is 13.0 Å². The van der Waals surface area contributed by atoms with Crippen LogP contribution in [0.2, 0.25) is 0 Å². The molecule has 0 aromatic carbocycles. The van der Waals surface area contributed by atoms with Crippen LogP contribution < -0.4 is 0 Å². The standard InChI is InChI=1S/C11H17O.2C2H5O.Ti/c1-10(2)9-11(7-8-12)5-3-4-6-11;2*1-2-3;/h3-6,10H,7-9H2,1-2H3;2*2H2,1H3;/q3*-1;+1. The first-order valence-electron chi connectivity index (χ1n) is 7.24. The summed E-state index contributed by atoms with van der Waals surface area (Å²) < 4.78 is 16.9. The first-order chi connectivity index (χ1) is 9.12. The van der Waals surface area contributed by atoms with Gasteiger partial charge in [0.05, 0.1) is 0 Å². The second kappa shape index (κ2) is 9.09. The van der Waals surface area contributed by atoms with Gasteiger partial charge in [-0.25, -0.2) is 0 Å². The molecule has 1 aliphatic carbocycles. The van der Waals surface area contributed by atoms with E-state index in [9.17, 15) is 0 Å². The molecule has 19 heavy (non-hydrogen) atoms. The van der Waals surface area contributed by atoms with Crippen LogP contribution >= 0.6 is 0 Å². The summed E-state index contributed by atoms with van der Waals surface area (Å²) in [6, 6.07) is 0. The van der Waals surface area contributed by atoms with E-state index >= 15 is 0 Å². The van der Waals surface area contributed by atoms with E-state index in [0.29, 0.717) is 19.1 Å².